The van der Waals surface area contributed by atoms with E-state index in [9.17, 15) is 0 Å². The fourth-order valence-electron chi connectivity index (χ4n) is 1.25. The van der Waals surface area contributed by atoms with Crippen LogP contribution in [0.15, 0.2) is 5.38 Å². The highest BCUT2D eigenvalue weighted by Crippen LogP contribution is 2.16. The minimum absolute atomic E-state index is 0.367. The first-order valence-electron chi connectivity index (χ1n) is 5.09. The minimum atomic E-state index is 0.367. The Morgan fingerprint density at radius 3 is 2.93 bits per heavy atom. The second-order valence-corrected chi connectivity index (χ2v) is 4.39. The number of thiazole rings is 1. The highest BCUT2D eigenvalue weighted by atomic mass is 32.1. The van der Waals surface area contributed by atoms with Gasteiger partial charge in [-0.25, -0.2) is 4.98 Å². The quantitative estimate of drug-likeness (QED) is 0.709. The normalized spacial score (nSPS) is 13.1. The van der Waals surface area contributed by atoms with Gasteiger partial charge in [0.1, 0.15) is 5.01 Å². The van der Waals surface area contributed by atoms with Crippen LogP contribution in [-0.4, -0.2) is 18.1 Å². The lowest BCUT2D eigenvalue weighted by atomic mass is 10.3. The van der Waals surface area contributed by atoms with Gasteiger partial charge in [0.25, 0.3) is 0 Å². The van der Waals surface area contributed by atoms with Crippen LogP contribution in [0.3, 0.4) is 0 Å². The van der Waals surface area contributed by atoms with Gasteiger partial charge in [-0.1, -0.05) is 0 Å². The summed E-state index contributed by atoms with van der Waals surface area (Å²) >= 11 is 1.72. The van der Waals surface area contributed by atoms with Gasteiger partial charge in [-0.2, -0.15) is 0 Å². The largest absolute Gasteiger partial charge is 0.330 e. The molecule has 0 radical (unpaired) electrons. The molecule has 0 aliphatic rings. The monoisotopic (exact) mass is 213 g/mol. The number of hydrogen-bond donors (Lipinski definition) is 2. The van der Waals surface area contributed by atoms with E-state index in [2.05, 4.69) is 22.6 Å². The highest BCUT2D eigenvalue weighted by Gasteiger charge is 2.07. The summed E-state index contributed by atoms with van der Waals surface area (Å²) in [6.07, 6.45) is 2.24. The Hall–Kier alpha value is -0.450. The van der Waals surface area contributed by atoms with E-state index in [4.69, 9.17) is 5.73 Å². The van der Waals surface area contributed by atoms with Gasteiger partial charge in [0.2, 0.25) is 0 Å². The van der Waals surface area contributed by atoms with E-state index in [-0.39, 0.29) is 0 Å². The predicted octanol–water partition coefficient (Wildman–Crippen LogP) is 1.84. The topological polar surface area (TPSA) is 50.9 Å². The van der Waals surface area contributed by atoms with Crippen LogP contribution in [-0.2, 0) is 0 Å². The van der Waals surface area contributed by atoms with Crippen LogP contribution in [0.25, 0.3) is 0 Å². The third-order valence-electron chi connectivity index (χ3n) is 2.09. The van der Waals surface area contributed by atoms with Crippen molar-refractivity contribution >= 4 is 11.3 Å². The van der Waals surface area contributed by atoms with E-state index in [1.54, 1.807) is 11.3 Å². The van der Waals surface area contributed by atoms with Crippen molar-refractivity contribution in [2.24, 2.45) is 5.73 Å². The van der Waals surface area contributed by atoms with Crippen molar-refractivity contribution in [3.05, 3.63) is 16.1 Å². The van der Waals surface area contributed by atoms with Crippen molar-refractivity contribution in [3.8, 4) is 0 Å². The molecule has 4 heteroatoms. The molecule has 3 nitrogen and oxygen atoms in total. The minimum Gasteiger partial charge on any atom is -0.330 e. The lowest BCUT2D eigenvalue weighted by Gasteiger charge is -2.10. The van der Waals surface area contributed by atoms with E-state index in [1.807, 2.05) is 6.92 Å². The molecule has 0 amide bonds. The predicted molar refractivity (Wildman–Crippen MR) is 61.6 cm³/mol. The molecule has 0 spiro atoms. The summed E-state index contributed by atoms with van der Waals surface area (Å²) in [7, 11) is 0. The van der Waals surface area contributed by atoms with Crippen LogP contribution >= 0.6 is 11.3 Å². The number of rotatable bonds is 6. The Morgan fingerprint density at radius 2 is 2.36 bits per heavy atom. The Morgan fingerprint density at radius 1 is 1.57 bits per heavy atom. The van der Waals surface area contributed by atoms with Crippen molar-refractivity contribution in [1.82, 2.24) is 10.3 Å². The molecule has 1 atom stereocenters. The Kier molecular flexibility index (Phi) is 5.07. The standard InChI is InChI=1S/C10H19N3S/c1-8-7-14-10(13-8)9(2)12-6-4-3-5-11/h7,9,12H,3-6,11H2,1-2H3. The fourth-order valence-corrected chi connectivity index (χ4v) is 2.07. The third-order valence-corrected chi connectivity index (χ3v) is 3.23. The zero-order valence-corrected chi connectivity index (χ0v) is 9.73. The van der Waals surface area contributed by atoms with Gasteiger partial charge in [0.15, 0.2) is 0 Å². The third kappa shape index (κ3) is 3.74. The van der Waals surface area contributed by atoms with E-state index in [0.717, 1.165) is 31.6 Å². The molecule has 1 rings (SSSR count). The fraction of sp³-hybridized carbons (Fsp3) is 0.700. The van der Waals surface area contributed by atoms with Crippen molar-refractivity contribution in [2.45, 2.75) is 32.7 Å². The van der Waals surface area contributed by atoms with Crippen LogP contribution < -0.4 is 11.1 Å². The molecule has 0 aliphatic heterocycles. The molecular formula is C10H19N3S. The molecule has 3 N–H and O–H groups in total. The number of aryl methyl sites for hydroxylation is 1. The maximum absolute atomic E-state index is 5.42. The van der Waals surface area contributed by atoms with Crippen LogP contribution in [0.2, 0.25) is 0 Å². The number of nitrogens with zero attached hydrogens (tertiary/aromatic N) is 1. The average Bonchev–Trinajstić information content (AvgIpc) is 2.59. The molecule has 1 heterocycles. The van der Waals surface area contributed by atoms with Crippen LogP contribution in [0.1, 0.15) is 36.5 Å². The maximum Gasteiger partial charge on any atom is 0.110 e. The number of aromatic nitrogens is 1. The van der Waals surface area contributed by atoms with Gasteiger partial charge in [-0.05, 0) is 39.8 Å². The lowest BCUT2D eigenvalue weighted by Crippen LogP contribution is -2.20. The molecular weight excluding hydrogens is 194 g/mol. The van der Waals surface area contributed by atoms with Crippen LogP contribution in [0.5, 0.6) is 0 Å². The molecule has 1 unspecified atom stereocenters. The number of nitrogens with one attached hydrogen (secondary N) is 1. The molecule has 0 aliphatic carbocycles. The summed E-state index contributed by atoms with van der Waals surface area (Å²) in [5.41, 5.74) is 6.53. The molecule has 0 aromatic carbocycles. The van der Waals surface area contributed by atoms with Crippen molar-refractivity contribution in [2.75, 3.05) is 13.1 Å². The van der Waals surface area contributed by atoms with Gasteiger partial charge in [0, 0.05) is 11.1 Å². The first kappa shape index (κ1) is 11.6. The van der Waals surface area contributed by atoms with Crippen molar-refractivity contribution in [3.63, 3.8) is 0 Å². The molecule has 1 aromatic heterocycles. The summed E-state index contributed by atoms with van der Waals surface area (Å²) < 4.78 is 0. The van der Waals surface area contributed by atoms with Gasteiger partial charge >= 0.3 is 0 Å². The average molecular weight is 213 g/mol. The molecule has 0 saturated heterocycles. The zero-order valence-electron chi connectivity index (χ0n) is 8.92. The molecule has 0 bridgehead atoms. The summed E-state index contributed by atoms with van der Waals surface area (Å²) in [6, 6.07) is 0.367. The van der Waals surface area contributed by atoms with Gasteiger partial charge < -0.3 is 11.1 Å². The molecule has 0 saturated carbocycles. The summed E-state index contributed by atoms with van der Waals surface area (Å²) in [4.78, 5) is 4.44. The van der Waals surface area contributed by atoms with Crippen LogP contribution in [0.4, 0.5) is 0 Å². The summed E-state index contributed by atoms with van der Waals surface area (Å²) in [5.74, 6) is 0. The Balaban J connectivity index is 2.25. The number of hydrogen-bond acceptors (Lipinski definition) is 4. The van der Waals surface area contributed by atoms with E-state index in [0.29, 0.717) is 6.04 Å². The number of nitrogens with two attached hydrogens (primary N) is 1. The zero-order chi connectivity index (χ0) is 10.4. The Bertz CT molecular complexity index is 260. The first-order chi connectivity index (χ1) is 6.74. The van der Waals surface area contributed by atoms with E-state index < -0.39 is 0 Å². The van der Waals surface area contributed by atoms with Crippen molar-refractivity contribution < 1.29 is 0 Å². The lowest BCUT2D eigenvalue weighted by molar-refractivity contribution is 0.546. The SMILES string of the molecule is Cc1csc(C(C)NCCCCN)n1. The van der Waals surface area contributed by atoms with Crippen LogP contribution in [0, 0.1) is 6.92 Å². The second kappa shape index (κ2) is 6.11. The first-order valence-corrected chi connectivity index (χ1v) is 5.97. The Labute approximate surface area is 89.7 Å². The van der Waals surface area contributed by atoms with E-state index in [1.165, 1.54) is 5.01 Å². The summed E-state index contributed by atoms with van der Waals surface area (Å²) in [5, 5.41) is 6.71. The summed E-state index contributed by atoms with van der Waals surface area (Å²) in [6.45, 7) is 5.99. The van der Waals surface area contributed by atoms with Crippen molar-refractivity contribution in [1.29, 1.82) is 0 Å². The molecule has 0 fully saturated rings. The van der Waals surface area contributed by atoms with Gasteiger partial charge in [-0.3, -0.25) is 0 Å². The molecule has 80 valence electrons. The maximum atomic E-state index is 5.42. The number of unbranched alkanes of at least 4 members (excludes halogenated alkanes) is 1. The van der Waals surface area contributed by atoms with Gasteiger partial charge in [-0.15, -0.1) is 11.3 Å². The highest BCUT2D eigenvalue weighted by molar-refractivity contribution is 7.09. The second-order valence-electron chi connectivity index (χ2n) is 3.50. The smallest absolute Gasteiger partial charge is 0.110 e. The van der Waals surface area contributed by atoms with E-state index >= 15 is 0 Å². The van der Waals surface area contributed by atoms with Gasteiger partial charge in [0.05, 0.1) is 6.04 Å². The molecule has 14 heavy (non-hydrogen) atoms. The molecule has 1 aromatic rings.